The summed E-state index contributed by atoms with van der Waals surface area (Å²) in [5.74, 6) is 0. The highest BCUT2D eigenvalue weighted by atomic mass is 32.1. The van der Waals surface area contributed by atoms with Crippen LogP contribution in [-0.2, 0) is 10.8 Å². The number of hydrogen-bond donors (Lipinski definition) is 0. The van der Waals surface area contributed by atoms with Crippen LogP contribution in [0.1, 0.15) is 129 Å². The maximum Gasteiger partial charge on any atom is 0.252 e. The molecular formula is C75H71BN4S2. The van der Waals surface area contributed by atoms with Crippen molar-refractivity contribution in [3.8, 4) is 0 Å². The SMILES string of the molecule is Cc1cc2c3c(c1)N(c1cccc4sc5ccccc5c14)c1cc(N4c5ccc(C(C)(C)C)cc5C5(C)CCCCC45C)ccc1B3c1ccc(N3C4=C(CCC=C4)C4(C)CCCCC34C)cc1N2c1cccc2sc3ccccc3c12. The zero-order chi connectivity index (χ0) is 55.4. The molecule has 4 nitrogen and oxygen atoms in total. The van der Waals surface area contributed by atoms with Gasteiger partial charge in [0.1, 0.15) is 0 Å². The lowest BCUT2D eigenvalue weighted by Crippen LogP contribution is -2.61. The number of thiophene rings is 2. The fourth-order valence-electron chi connectivity index (χ4n) is 17.8. The highest BCUT2D eigenvalue weighted by molar-refractivity contribution is 7.26. The predicted octanol–water partition coefficient (Wildman–Crippen LogP) is 19.6. The Bertz CT molecular complexity index is 4490. The molecule has 7 aliphatic rings. The first-order chi connectivity index (χ1) is 39.7. The van der Waals surface area contributed by atoms with Gasteiger partial charge in [0, 0.05) is 96.7 Å². The van der Waals surface area contributed by atoms with Crippen molar-refractivity contribution in [2.45, 2.75) is 142 Å². The van der Waals surface area contributed by atoms with E-state index in [0.29, 0.717) is 0 Å². The Kier molecular flexibility index (Phi) is 10.3. The van der Waals surface area contributed by atoms with Crippen LogP contribution in [0.5, 0.6) is 0 Å². The van der Waals surface area contributed by atoms with Gasteiger partial charge in [-0.2, -0.15) is 0 Å². The molecule has 82 heavy (non-hydrogen) atoms. The van der Waals surface area contributed by atoms with Crippen molar-refractivity contribution in [3.05, 3.63) is 192 Å². The van der Waals surface area contributed by atoms with Crippen LogP contribution in [0.15, 0.2) is 175 Å². The summed E-state index contributed by atoms with van der Waals surface area (Å²) in [6.07, 6.45) is 17.1. The lowest BCUT2D eigenvalue weighted by atomic mass is 9.33. The van der Waals surface area contributed by atoms with Crippen molar-refractivity contribution in [2.75, 3.05) is 19.6 Å². The number of allylic oxidation sites excluding steroid dienone is 2. The molecule has 0 bridgehead atoms. The molecule has 2 fully saturated rings. The highest BCUT2D eigenvalue weighted by Gasteiger charge is 2.60. The largest absolute Gasteiger partial charge is 0.335 e. The van der Waals surface area contributed by atoms with E-state index in [-0.39, 0.29) is 34.0 Å². The van der Waals surface area contributed by atoms with Crippen LogP contribution in [0.25, 0.3) is 40.3 Å². The summed E-state index contributed by atoms with van der Waals surface area (Å²) in [7, 11) is 0. The maximum atomic E-state index is 2.83. The summed E-state index contributed by atoms with van der Waals surface area (Å²) >= 11 is 3.84. The molecule has 3 aliphatic carbocycles. The summed E-state index contributed by atoms with van der Waals surface area (Å²) in [6.45, 7) is 19.9. The summed E-state index contributed by atoms with van der Waals surface area (Å²) in [4.78, 5) is 11.1. The zero-order valence-electron chi connectivity index (χ0n) is 48.8. The highest BCUT2D eigenvalue weighted by Crippen LogP contribution is 2.64. The van der Waals surface area contributed by atoms with E-state index in [1.165, 1.54) is 175 Å². The number of rotatable bonds is 4. The zero-order valence-corrected chi connectivity index (χ0v) is 50.5. The molecule has 10 aromatic rings. The van der Waals surface area contributed by atoms with Gasteiger partial charge in [-0.25, -0.2) is 0 Å². The van der Waals surface area contributed by atoms with Gasteiger partial charge in [0.25, 0.3) is 6.71 Å². The first-order valence-corrected chi connectivity index (χ1v) is 32.3. The number of aryl methyl sites for hydroxylation is 1. The van der Waals surface area contributed by atoms with Crippen molar-refractivity contribution in [3.63, 3.8) is 0 Å². The Morgan fingerprint density at radius 1 is 0.488 bits per heavy atom. The minimum absolute atomic E-state index is 0.00302. The molecule has 0 amide bonds. The molecule has 6 heterocycles. The van der Waals surface area contributed by atoms with Crippen molar-refractivity contribution >= 4 is 137 Å². The second-order valence-electron chi connectivity index (χ2n) is 27.4. The van der Waals surface area contributed by atoms with E-state index >= 15 is 0 Å². The molecule has 0 saturated heterocycles. The van der Waals surface area contributed by atoms with Gasteiger partial charge in [-0.1, -0.05) is 139 Å². The number of anilines is 9. The van der Waals surface area contributed by atoms with E-state index < -0.39 is 0 Å². The Hall–Kier alpha value is -7.06. The molecule has 406 valence electrons. The first-order valence-electron chi connectivity index (χ1n) is 30.7. The van der Waals surface area contributed by atoms with E-state index in [0.717, 1.165) is 19.3 Å². The first kappa shape index (κ1) is 49.5. The van der Waals surface area contributed by atoms with Crippen molar-refractivity contribution in [2.24, 2.45) is 5.41 Å². The van der Waals surface area contributed by atoms with E-state index in [4.69, 9.17) is 0 Å². The Labute approximate surface area is 492 Å². The van der Waals surface area contributed by atoms with E-state index in [2.05, 4.69) is 239 Å². The second kappa shape index (κ2) is 17.0. The monoisotopic (exact) mass is 1100 g/mol. The number of nitrogens with zero attached hydrogens (tertiary/aromatic N) is 4. The van der Waals surface area contributed by atoms with Gasteiger partial charge in [-0.3, -0.25) is 0 Å². The number of benzene rings is 8. The van der Waals surface area contributed by atoms with Gasteiger partial charge in [0.05, 0.1) is 22.5 Å². The molecular weight excluding hydrogens is 1030 g/mol. The van der Waals surface area contributed by atoms with E-state index in [1.54, 1.807) is 5.57 Å². The van der Waals surface area contributed by atoms with Crippen molar-refractivity contribution in [1.29, 1.82) is 0 Å². The average Bonchev–Trinajstić information content (AvgIpc) is 1.89. The lowest BCUT2D eigenvalue weighted by Gasteiger charge is -2.52. The predicted molar refractivity (Wildman–Crippen MR) is 355 cm³/mol. The van der Waals surface area contributed by atoms with Gasteiger partial charge < -0.3 is 19.6 Å². The molecule has 4 unspecified atom stereocenters. The van der Waals surface area contributed by atoms with Gasteiger partial charge in [-0.05, 0) is 188 Å². The van der Waals surface area contributed by atoms with Crippen LogP contribution in [0.3, 0.4) is 0 Å². The molecule has 0 radical (unpaired) electrons. The molecule has 4 atom stereocenters. The summed E-state index contributed by atoms with van der Waals surface area (Å²) in [6, 6.07) is 60.4. The van der Waals surface area contributed by atoms with E-state index in [1.807, 2.05) is 22.7 Å². The Balaban J connectivity index is 0.959. The third-order valence-electron chi connectivity index (χ3n) is 22.2. The molecule has 0 spiro atoms. The van der Waals surface area contributed by atoms with Gasteiger partial charge in [0.2, 0.25) is 0 Å². The average molecular weight is 1100 g/mol. The fourth-order valence-corrected chi connectivity index (χ4v) is 20.1. The molecule has 0 N–H and O–H groups in total. The minimum atomic E-state index is -0.103. The van der Waals surface area contributed by atoms with Crippen molar-refractivity contribution in [1.82, 2.24) is 0 Å². The normalized spacial score (nSPS) is 24.3. The van der Waals surface area contributed by atoms with Gasteiger partial charge in [0.15, 0.2) is 0 Å². The topological polar surface area (TPSA) is 13.0 Å². The smallest absolute Gasteiger partial charge is 0.252 e. The minimum Gasteiger partial charge on any atom is -0.335 e. The lowest BCUT2D eigenvalue weighted by molar-refractivity contribution is 0.147. The summed E-state index contributed by atoms with van der Waals surface area (Å²) < 4.78 is 5.30. The molecule has 2 aromatic heterocycles. The number of fused-ring (bicyclic) bond motifs is 15. The number of hydrogen-bond acceptors (Lipinski definition) is 6. The van der Waals surface area contributed by atoms with Crippen molar-refractivity contribution < 1.29 is 0 Å². The maximum absolute atomic E-state index is 2.83. The van der Waals surface area contributed by atoms with Crippen LogP contribution in [0.4, 0.5) is 51.2 Å². The second-order valence-corrected chi connectivity index (χ2v) is 29.6. The molecule has 7 heteroatoms. The van der Waals surface area contributed by atoms with Crippen LogP contribution >= 0.6 is 22.7 Å². The molecule has 2 saturated carbocycles. The third kappa shape index (κ3) is 6.40. The van der Waals surface area contributed by atoms with Crippen LogP contribution in [0.2, 0.25) is 0 Å². The third-order valence-corrected chi connectivity index (χ3v) is 24.5. The summed E-state index contributed by atoms with van der Waals surface area (Å²) in [5.41, 5.74) is 23.0. The Morgan fingerprint density at radius 2 is 1.02 bits per heavy atom. The Morgan fingerprint density at radius 3 is 1.62 bits per heavy atom. The molecule has 4 aliphatic heterocycles. The molecule has 8 aromatic carbocycles. The van der Waals surface area contributed by atoms with Crippen LogP contribution in [0, 0.1) is 12.3 Å². The van der Waals surface area contributed by atoms with Crippen LogP contribution in [-0.4, -0.2) is 17.8 Å². The van der Waals surface area contributed by atoms with Gasteiger partial charge in [-0.15, -0.1) is 22.7 Å². The molecule has 17 rings (SSSR count). The van der Waals surface area contributed by atoms with E-state index in [9.17, 15) is 0 Å². The van der Waals surface area contributed by atoms with Gasteiger partial charge >= 0.3 is 0 Å². The quantitative estimate of drug-likeness (QED) is 0.163. The summed E-state index contributed by atoms with van der Waals surface area (Å²) in [5, 5.41) is 5.30. The standard InChI is InChI=1S/C75H71BN4S2/c1-46-41-62-70-63(42-46)78(59-26-20-30-67-69(59)51-22-10-14-28-65(51)82-67)61-45-49(80-57-36-31-47(71(2,3)4)43-53(57)73(6)38-16-18-40-75(73,80)8)33-35-55(61)76(70)54-34-32-48(79-56-24-12-11-23-52(56)72(5)37-15-17-39-74(72,79)7)44-60(54)77(62)58-25-19-29-66-68(58)50-21-9-13-27-64(50)81-66/h9-10,12-14,19-22,24-36,41-45H,11,15-18,23,37-40H2,1-8H3. The fraction of sp³-hybridized carbons (Fsp3) is 0.307. The van der Waals surface area contributed by atoms with Crippen LogP contribution < -0.4 is 36.0 Å².